The Bertz CT molecular complexity index is 802. The Labute approximate surface area is 158 Å². The van der Waals surface area contributed by atoms with Gasteiger partial charge in [-0.15, -0.1) is 0 Å². The molecular formula is C20H23N3O4. The van der Waals surface area contributed by atoms with Gasteiger partial charge in [0.05, 0.1) is 14.2 Å². The lowest BCUT2D eigenvalue weighted by Crippen LogP contribution is -2.45. The number of nitrogens with zero attached hydrogens (tertiary/aromatic N) is 2. The molecule has 0 bridgehead atoms. The number of methoxy groups -OCH3 is 2. The molecule has 0 saturated carbocycles. The average molecular weight is 369 g/mol. The van der Waals surface area contributed by atoms with Crippen LogP contribution in [0.1, 0.15) is 33.6 Å². The minimum atomic E-state index is -0.478. The van der Waals surface area contributed by atoms with E-state index in [4.69, 9.17) is 9.47 Å². The molecule has 1 saturated heterocycles. The molecule has 1 aliphatic rings. The SMILES string of the molecule is COC(=O)c1ccc(N2CCC(NC(=O)c3ccccc3)CC2)nc1OC. The second-order valence-corrected chi connectivity index (χ2v) is 6.32. The molecule has 0 spiro atoms. The van der Waals surface area contributed by atoms with Crippen LogP contribution >= 0.6 is 0 Å². The average Bonchev–Trinajstić information content (AvgIpc) is 2.73. The minimum absolute atomic E-state index is 0.0451. The van der Waals surface area contributed by atoms with E-state index < -0.39 is 5.97 Å². The third-order valence-corrected chi connectivity index (χ3v) is 4.63. The predicted molar refractivity (Wildman–Crippen MR) is 101 cm³/mol. The first kappa shape index (κ1) is 18.7. The molecule has 27 heavy (non-hydrogen) atoms. The zero-order valence-corrected chi connectivity index (χ0v) is 15.5. The molecule has 0 atom stereocenters. The lowest BCUT2D eigenvalue weighted by atomic mass is 10.0. The molecule has 142 valence electrons. The zero-order chi connectivity index (χ0) is 19.2. The summed E-state index contributed by atoms with van der Waals surface area (Å²) in [5, 5.41) is 3.09. The van der Waals surface area contributed by atoms with Crippen molar-refractivity contribution in [3.63, 3.8) is 0 Å². The first-order valence-electron chi connectivity index (χ1n) is 8.86. The number of piperidine rings is 1. The number of aromatic nitrogens is 1. The van der Waals surface area contributed by atoms with Crippen LogP contribution in [0.25, 0.3) is 0 Å². The summed E-state index contributed by atoms with van der Waals surface area (Å²) < 4.78 is 9.97. The van der Waals surface area contributed by atoms with Gasteiger partial charge in [0.15, 0.2) is 0 Å². The molecule has 7 heteroatoms. The van der Waals surface area contributed by atoms with Crippen LogP contribution in [0.2, 0.25) is 0 Å². The number of hydrogen-bond acceptors (Lipinski definition) is 6. The Balaban J connectivity index is 1.60. The maximum atomic E-state index is 12.3. The third-order valence-electron chi connectivity index (χ3n) is 4.63. The number of amides is 1. The highest BCUT2D eigenvalue weighted by Gasteiger charge is 2.23. The molecular weight excluding hydrogens is 346 g/mol. The van der Waals surface area contributed by atoms with Crippen LogP contribution in [0, 0.1) is 0 Å². The van der Waals surface area contributed by atoms with Gasteiger partial charge in [-0.2, -0.15) is 4.98 Å². The fraction of sp³-hybridized carbons (Fsp3) is 0.350. The van der Waals surface area contributed by atoms with E-state index in [2.05, 4.69) is 15.2 Å². The van der Waals surface area contributed by atoms with Crippen LogP contribution < -0.4 is 15.0 Å². The topological polar surface area (TPSA) is 80.8 Å². The van der Waals surface area contributed by atoms with Crippen molar-refractivity contribution in [3.05, 3.63) is 53.6 Å². The van der Waals surface area contributed by atoms with Gasteiger partial charge in [-0.25, -0.2) is 4.79 Å². The number of nitrogens with one attached hydrogen (secondary N) is 1. The molecule has 7 nitrogen and oxygen atoms in total. The highest BCUT2D eigenvalue weighted by atomic mass is 16.5. The number of benzene rings is 1. The van der Waals surface area contributed by atoms with E-state index in [1.54, 1.807) is 12.1 Å². The maximum absolute atomic E-state index is 12.3. The van der Waals surface area contributed by atoms with Crippen LogP contribution in [0.5, 0.6) is 5.88 Å². The van der Waals surface area contributed by atoms with E-state index in [-0.39, 0.29) is 17.8 Å². The Kier molecular flexibility index (Phi) is 5.90. The number of hydrogen-bond donors (Lipinski definition) is 1. The molecule has 2 aromatic rings. The summed E-state index contributed by atoms with van der Waals surface area (Å²) in [6.45, 7) is 1.51. The third kappa shape index (κ3) is 4.36. The smallest absolute Gasteiger partial charge is 0.343 e. The molecule has 0 radical (unpaired) electrons. The van der Waals surface area contributed by atoms with Crippen LogP contribution in [0.4, 0.5) is 5.82 Å². The number of carbonyl (C=O) groups is 2. The van der Waals surface area contributed by atoms with Crippen molar-refractivity contribution < 1.29 is 19.1 Å². The van der Waals surface area contributed by atoms with Crippen molar-refractivity contribution in [2.24, 2.45) is 0 Å². The van der Waals surface area contributed by atoms with E-state index in [0.717, 1.165) is 31.7 Å². The van der Waals surface area contributed by atoms with E-state index >= 15 is 0 Å². The molecule has 3 rings (SSSR count). The summed E-state index contributed by atoms with van der Waals surface area (Å²) in [4.78, 5) is 30.6. The quantitative estimate of drug-likeness (QED) is 0.815. The number of pyridine rings is 1. The number of anilines is 1. The first-order chi connectivity index (χ1) is 13.1. The number of esters is 1. The summed E-state index contributed by atoms with van der Waals surface area (Å²) in [6, 6.07) is 12.8. The second kappa shape index (κ2) is 8.53. The molecule has 0 unspecified atom stereocenters. The lowest BCUT2D eigenvalue weighted by molar-refractivity contribution is 0.0596. The van der Waals surface area contributed by atoms with Gasteiger partial charge >= 0.3 is 5.97 Å². The van der Waals surface area contributed by atoms with Gasteiger partial charge in [-0.1, -0.05) is 18.2 Å². The second-order valence-electron chi connectivity index (χ2n) is 6.32. The fourth-order valence-electron chi connectivity index (χ4n) is 3.14. The Morgan fingerprint density at radius 1 is 1.07 bits per heavy atom. The molecule has 0 aliphatic carbocycles. The Hall–Kier alpha value is -3.09. The normalized spacial score (nSPS) is 14.5. The van der Waals surface area contributed by atoms with E-state index in [1.807, 2.05) is 30.3 Å². The molecule has 1 aromatic heterocycles. The summed E-state index contributed by atoms with van der Waals surface area (Å²) in [5.41, 5.74) is 0.971. The van der Waals surface area contributed by atoms with Crippen molar-refractivity contribution in [3.8, 4) is 5.88 Å². The molecule has 1 amide bonds. The molecule has 1 aliphatic heterocycles. The summed E-state index contributed by atoms with van der Waals surface area (Å²) >= 11 is 0. The standard InChI is InChI=1S/C20H23N3O4/c1-26-19-16(20(25)27-2)8-9-17(22-19)23-12-10-15(11-13-23)21-18(24)14-6-4-3-5-7-14/h3-9,15H,10-13H2,1-2H3,(H,21,24). The van der Waals surface area contributed by atoms with Gasteiger partial charge in [0.1, 0.15) is 11.4 Å². The minimum Gasteiger partial charge on any atom is -0.480 e. The summed E-state index contributed by atoms with van der Waals surface area (Å²) in [6.07, 6.45) is 1.64. The zero-order valence-electron chi connectivity index (χ0n) is 15.5. The predicted octanol–water partition coefficient (Wildman–Crippen LogP) is 2.28. The summed E-state index contributed by atoms with van der Waals surface area (Å²) in [7, 11) is 2.80. The first-order valence-corrected chi connectivity index (χ1v) is 8.86. The van der Waals surface area contributed by atoms with Gasteiger partial charge in [0.25, 0.3) is 5.91 Å². The highest BCUT2D eigenvalue weighted by Crippen LogP contribution is 2.24. The van der Waals surface area contributed by atoms with Gasteiger partial charge in [-0.05, 0) is 37.1 Å². The van der Waals surface area contributed by atoms with Crippen LogP contribution in [0.15, 0.2) is 42.5 Å². The highest BCUT2D eigenvalue weighted by molar-refractivity contribution is 5.94. The molecule has 1 N–H and O–H groups in total. The van der Waals surface area contributed by atoms with Crippen molar-refractivity contribution in [1.82, 2.24) is 10.3 Å². The van der Waals surface area contributed by atoms with Gasteiger partial charge in [-0.3, -0.25) is 4.79 Å². The number of rotatable bonds is 5. The van der Waals surface area contributed by atoms with Crippen molar-refractivity contribution in [1.29, 1.82) is 0 Å². The molecule has 2 heterocycles. The maximum Gasteiger partial charge on any atom is 0.343 e. The van der Waals surface area contributed by atoms with Crippen LogP contribution in [0.3, 0.4) is 0 Å². The van der Waals surface area contributed by atoms with Crippen molar-refractivity contribution in [2.45, 2.75) is 18.9 Å². The largest absolute Gasteiger partial charge is 0.480 e. The lowest BCUT2D eigenvalue weighted by Gasteiger charge is -2.33. The monoisotopic (exact) mass is 369 g/mol. The van der Waals surface area contributed by atoms with Crippen molar-refractivity contribution in [2.75, 3.05) is 32.2 Å². The number of ether oxygens (including phenoxy) is 2. The molecule has 1 aromatic carbocycles. The van der Waals surface area contributed by atoms with E-state index in [9.17, 15) is 9.59 Å². The van der Waals surface area contributed by atoms with Crippen LogP contribution in [-0.4, -0.2) is 50.2 Å². The summed E-state index contributed by atoms with van der Waals surface area (Å²) in [5.74, 6) is 0.468. The molecule has 1 fully saturated rings. The van der Waals surface area contributed by atoms with E-state index in [0.29, 0.717) is 11.1 Å². The number of carbonyl (C=O) groups excluding carboxylic acids is 2. The van der Waals surface area contributed by atoms with Gasteiger partial charge in [0.2, 0.25) is 5.88 Å². The van der Waals surface area contributed by atoms with E-state index in [1.165, 1.54) is 14.2 Å². The Morgan fingerprint density at radius 2 is 1.78 bits per heavy atom. The Morgan fingerprint density at radius 3 is 2.41 bits per heavy atom. The van der Waals surface area contributed by atoms with Gasteiger partial charge < -0.3 is 19.7 Å². The van der Waals surface area contributed by atoms with Crippen LogP contribution in [-0.2, 0) is 4.74 Å². The van der Waals surface area contributed by atoms with Crippen molar-refractivity contribution >= 4 is 17.7 Å². The van der Waals surface area contributed by atoms with Gasteiger partial charge in [0, 0.05) is 24.7 Å². The fourth-order valence-corrected chi connectivity index (χ4v) is 3.14.